The number of amides is 2. The highest BCUT2D eigenvalue weighted by Crippen LogP contribution is 2.19. The second-order valence-electron chi connectivity index (χ2n) is 5.92. The molecule has 1 aromatic rings. The van der Waals surface area contributed by atoms with Crippen LogP contribution < -0.4 is 5.32 Å². The van der Waals surface area contributed by atoms with Crippen LogP contribution in [0, 0.1) is 12.7 Å². The first kappa shape index (κ1) is 15.8. The number of anilines is 1. The summed E-state index contributed by atoms with van der Waals surface area (Å²) in [7, 11) is 4.16. The first-order valence-corrected chi connectivity index (χ1v) is 7.46. The number of nitrogens with one attached hydrogen (secondary N) is 1. The molecule has 1 N–H and O–H groups in total. The molecule has 0 saturated carbocycles. The van der Waals surface area contributed by atoms with Gasteiger partial charge in [-0.1, -0.05) is 6.07 Å². The standard InChI is InChI=1S/C16H24FN3O/c1-12-6-7-13(17)11-15(12)18-16(21)20-9-4-5-14(8-10-20)19(2)3/h6-7,11,14H,4-5,8-10H2,1-3H3,(H,18,21). The molecule has 2 rings (SSSR count). The van der Waals surface area contributed by atoms with Gasteiger partial charge in [-0.15, -0.1) is 0 Å². The molecule has 4 nitrogen and oxygen atoms in total. The molecule has 0 aliphatic carbocycles. The van der Waals surface area contributed by atoms with Crippen molar-refractivity contribution in [3.8, 4) is 0 Å². The summed E-state index contributed by atoms with van der Waals surface area (Å²) in [5, 5.41) is 2.83. The van der Waals surface area contributed by atoms with E-state index in [1.54, 1.807) is 6.07 Å². The SMILES string of the molecule is Cc1ccc(F)cc1NC(=O)N1CCCC(N(C)C)CC1. The van der Waals surface area contributed by atoms with Crippen LogP contribution >= 0.6 is 0 Å². The van der Waals surface area contributed by atoms with Crippen molar-refractivity contribution in [1.82, 2.24) is 9.80 Å². The average Bonchev–Trinajstić information content (AvgIpc) is 2.68. The van der Waals surface area contributed by atoms with E-state index in [0.29, 0.717) is 11.7 Å². The zero-order valence-corrected chi connectivity index (χ0v) is 13.0. The minimum atomic E-state index is -0.334. The largest absolute Gasteiger partial charge is 0.324 e. The zero-order valence-electron chi connectivity index (χ0n) is 13.0. The second kappa shape index (κ2) is 6.89. The Balaban J connectivity index is 1.98. The molecular formula is C16H24FN3O. The Bertz CT molecular complexity index is 504. The van der Waals surface area contributed by atoms with Gasteiger partial charge in [-0.3, -0.25) is 0 Å². The summed E-state index contributed by atoms with van der Waals surface area (Å²) in [6.45, 7) is 3.35. The van der Waals surface area contributed by atoms with Crippen molar-refractivity contribution < 1.29 is 9.18 Å². The average molecular weight is 293 g/mol. The zero-order chi connectivity index (χ0) is 15.4. The molecule has 1 aliphatic rings. The molecule has 0 bridgehead atoms. The quantitative estimate of drug-likeness (QED) is 0.909. The number of hydrogen-bond acceptors (Lipinski definition) is 2. The van der Waals surface area contributed by atoms with Gasteiger partial charge in [-0.2, -0.15) is 0 Å². The fourth-order valence-electron chi connectivity index (χ4n) is 2.72. The summed E-state index contributed by atoms with van der Waals surface area (Å²) < 4.78 is 13.3. The number of halogens is 1. The lowest BCUT2D eigenvalue weighted by molar-refractivity contribution is 0.210. The molecular weight excluding hydrogens is 269 g/mol. The molecule has 1 saturated heterocycles. The van der Waals surface area contributed by atoms with E-state index >= 15 is 0 Å². The number of hydrogen-bond donors (Lipinski definition) is 1. The van der Waals surface area contributed by atoms with Crippen molar-refractivity contribution in [3.05, 3.63) is 29.6 Å². The highest BCUT2D eigenvalue weighted by molar-refractivity contribution is 5.90. The number of carbonyl (C=O) groups is 1. The minimum Gasteiger partial charge on any atom is -0.324 e. The fourth-order valence-corrected chi connectivity index (χ4v) is 2.72. The molecule has 5 heteroatoms. The van der Waals surface area contributed by atoms with Gasteiger partial charge in [-0.05, 0) is 58.0 Å². The summed E-state index contributed by atoms with van der Waals surface area (Å²) in [6, 6.07) is 4.84. The number of benzene rings is 1. The number of carbonyl (C=O) groups excluding carboxylic acids is 1. The Morgan fingerprint density at radius 2 is 2.10 bits per heavy atom. The highest BCUT2D eigenvalue weighted by atomic mass is 19.1. The monoisotopic (exact) mass is 293 g/mol. The maximum absolute atomic E-state index is 13.3. The van der Waals surface area contributed by atoms with Crippen LogP contribution in [-0.4, -0.2) is 49.1 Å². The number of likely N-dealkylation sites (tertiary alicyclic amines) is 1. The Morgan fingerprint density at radius 1 is 1.33 bits per heavy atom. The van der Waals surface area contributed by atoms with Crippen LogP contribution in [0.25, 0.3) is 0 Å². The third-order valence-corrected chi connectivity index (χ3v) is 4.16. The summed E-state index contributed by atoms with van der Waals surface area (Å²) >= 11 is 0. The van der Waals surface area contributed by atoms with Gasteiger partial charge >= 0.3 is 6.03 Å². The van der Waals surface area contributed by atoms with Gasteiger partial charge < -0.3 is 15.1 Å². The van der Waals surface area contributed by atoms with E-state index in [1.165, 1.54) is 12.1 Å². The third-order valence-electron chi connectivity index (χ3n) is 4.16. The molecule has 0 radical (unpaired) electrons. The lowest BCUT2D eigenvalue weighted by Crippen LogP contribution is -2.36. The van der Waals surface area contributed by atoms with Gasteiger partial charge in [0.15, 0.2) is 0 Å². The summed E-state index contributed by atoms with van der Waals surface area (Å²) in [5.41, 5.74) is 1.42. The van der Waals surface area contributed by atoms with Crippen molar-refractivity contribution in [2.45, 2.75) is 32.2 Å². The van der Waals surface area contributed by atoms with E-state index < -0.39 is 0 Å². The van der Waals surface area contributed by atoms with E-state index in [2.05, 4.69) is 24.3 Å². The van der Waals surface area contributed by atoms with Crippen LogP contribution in [0.15, 0.2) is 18.2 Å². The first-order chi connectivity index (χ1) is 9.97. The first-order valence-electron chi connectivity index (χ1n) is 7.46. The van der Waals surface area contributed by atoms with Crippen LogP contribution in [0.1, 0.15) is 24.8 Å². The molecule has 1 atom stereocenters. The molecule has 1 fully saturated rings. The van der Waals surface area contributed by atoms with Crippen molar-refractivity contribution >= 4 is 11.7 Å². The maximum atomic E-state index is 13.3. The fraction of sp³-hybridized carbons (Fsp3) is 0.562. The van der Waals surface area contributed by atoms with Crippen LogP contribution in [-0.2, 0) is 0 Å². The van der Waals surface area contributed by atoms with Gasteiger partial charge in [0.2, 0.25) is 0 Å². The van der Waals surface area contributed by atoms with E-state index in [4.69, 9.17) is 0 Å². The molecule has 1 aliphatic heterocycles. The predicted octanol–water partition coefficient (Wildman–Crippen LogP) is 3.08. The Kier molecular flexibility index (Phi) is 5.17. The van der Waals surface area contributed by atoms with Crippen molar-refractivity contribution in [1.29, 1.82) is 0 Å². The van der Waals surface area contributed by atoms with Gasteiger partial charge in [0.25, 0.3) is 0 Å². The third kappa shape index (κ3) is 4.17. The van der Waals surface area contributed by atoms with E-state index in [-0.39, 0.29) is 11.8 Å². The smallest absolute Gasteiger partial charge is 0.321 e. The number of urea groups is 1. The number of rotatable bonds is 2. The van der Waals surface area contributed by atoms with E-state index in [1.807, 2.05) is 11.8 Å². The molecule has 21 heavy (non-hydrogen) atoms. The van der Waals surface area contributed by atoms with E-state index in [9.17, 15) is 9.18 Å². The van der Waals surface area contributed by atoms with Crippen molar-refractivity contribution in [3.63, 3.8) is 0 Å². The number of nitrogens with zero attached hydrogens (tertiary/aromatic N) is 2. The molecule has 1 unspecified atom stereocenters. The predicted molar refractivity (Wildman–Crippen MR) is 83.1 cm³/mol. The summed E-state index contributed by atoms with van der Waals surface area (Å²) in [4.78, 5) is 16.4. The molecule has 1 aromatic carbocycles. The van der Waals surface area contributed by atoms with Gasteiger partial charge in [0.05, 0.1) is 0 Å². The summed E-state index contributed by atoms with van der Waals surface area (Å²) in [6.07, 6.45) is 3.08. The van der Waals surface area contributed by atoms with Crippen LogP contribution in [0.5, 0.6) is 0 Å². The normalized spacial score (nSPS) is 19.5. The lowest BCUT2D eigenvalue weighted by Gasteiger charge is -2.24. The Labute approximate surface area is 125 Å². The van der Waals surface area contributed by atoms with Crippen molar-refractivity contribution in [2.24, 2.45) is 0 Å². The van der Waals surface area contributed by atoms with Crippen LogP contribution in [0.2, 0.25) is 0 Å². The maximum Gasteiger partial charge on any atom is 0.321 e. The number of aryl methyl sites for hydroxylation is 1. The van der Waals surface area contributed by atoms with Crippen LogP contribution in [0.4, 0.5) is 14.9 Å². The molecule has 0 spiro atoms. The second-order valence-corrected chi connectivity index (χ2v) is 5.92. The molecule has 0 aromatic heterocycles. The molecule has 2 amide bonds. The molecule has 1 heterocycles. The van der Waals surface area contributed by atoms with Crippen molar-refractivity contribution in [2.75, 3.05) is 32.5 Å². The Hall–Kier alpha value is -1.62. The van der Waals surface area contributed by atoms with E-state index in [0.717, 1.165) is 37.9 Å². The van der Waals surface area contributed by atoms with Gasteiger partial charge in [-0.25, -0.2) is 9.18 Å². The van der Waals surface area contributed by atoms with Crippen LogP contribution in [0.3, 0.4) is 0 Å². The summed E-state index contributed by atoms with van der Waals surface area (Å²) in [5.74, 6) is -0.334. The minimum absolute atomic E-state index is 0.136. The van der Waals surface area contributed by atoms with Gasteiger partial charge in [0.1, 0.15) is 5.82 Å². The topological polar surface area (TPSA) is 35.6 Å². The lowest BCUT2D eigenvalue weighted by atomic mass is 10.1. The molecule has 116 valence electrons. The Morgan fingerprint density at radius 3 is 2.81 bits per heavy atom. The van der Waals surface area contributed by atoms with Gasteiger partial charge in [0, 0.05) is 24.8 Å². The highest BCUT2D eigenvalue weighted by Gasteiger charge is 2.22.